The fourth-order valence-corrected chi connectivity index (χ4v) is 3.26. The van der Waals surface area contributed by atoms with Gasteiger partial charge in [0.25, 0.3) is 0 Å². The number of hydrogen-bond donors (Lipinski definition) is 1. The van der Waals surface area contributed by atoms with Gasteiger partial charge in [-0.15, -0.1) is 0 Å². The minimum Gasteiger partial charge on any atom is -0.507 e. The van der Waals surface area contributed by atoms with E-state index in [1.165, 1.54) is 0 Å². The number of benzene rings is 3. The first-order chi connectivity index (χ1) is 14.4. The summed E-state index contributed by atoms with van der Waals surface area (Å²) in [5.41, 5.74) is 1.21. The molecule has 3 aromatic rings. The van der Waals surface area contributed by atoms with Gasteiger partial charge in [0.05, 0.1) is 5.56 Å². The molecule has 3 rings (SSSR count). The summed E-state index contributed by atoms with van der Waals surface area (Å²) in [6.07, 6.45) is 0. The number of phenolic OH excluding ortho intramolecular Hbond substituents is 1. The smallest absolute Gasteiger partial charge is 0.343 e. The van der Waals surface area contributed by atoms with Gasteiger partial charge < -0.3 is 14.6 Å². The van der Waals surface area contributed by atoms with Gasteiger partial charge >= 0.3 is 5.97 Å². The Kier molecular flexibility index (Phi) is 6.12. The number of para-hydroxylation sites is 1. The Balaban J connectivity index is 1.84. The minimum atomic E-state index is -0.465. The van der Waals surface area contributed by atoms with Crippen LogP contribution in [-0.2, 0) is 10.8 Å². The number of rotatable bonds is 4. The van der Waals surface area contributed by atoms with Crippen LogP contribution in [0.15, 0.2) is 66.7 Å². The van der Waals surface area contributed by atoms with E-state index in [1.54, 1.807) is 36.4 Å². The topological polar surface area (TPSA) is 55.8 Å². The molecule has 3 aromatic carbocycles. The SMILES string of the molecule is CC(C)(C)c1cc(C(=O)Oc2ccc(Oc3ccccc3)cc2)cc(C(C)(C)C)c1O. The van der Waals surface area contributed by atoms with Gasteiger partial charge in [0.15, 0.2) is 0 Å². The quantitative estimate of drug-likeness (QED) is 0.366. The molecular formula is C27H30O4. The summed E-state index contributed by atoms with van der Waals surface area (Å²) in [5.74, 6) is 1.58. The van der Waals surface area contributed by atoms with Crippen LogP contribution in [-0.4, -0.2) is 11.1 Å². The molecule has 0 spiro atoms. The van der Waals surface area contributed by atoms with Crippen LogP contribution < -0.4 is 9.47 Å². The van der Waals surface area contributed by atoms with E-state index in [0.717, 1.165) is 16.9 Å². The summed E-state index contributed by atoms with van der Waals surface area (Å²) < 4.78 is 11.4. The molecule has 0 aliphatic heterocycles. The van der Waals surface area contributed by atoms with E-state index >= 15 is 0 Å². The van der Waals surface area contributed by atoms with Gasteiger partial charge in [0.2, 0.25) is 0 Å². The zero-order chi connectivity index (χ0) is 22.8. The van der Waals surface area contributed by atoms with Crippen LogP contribution >= 0.6 is 0 Å². The Bertz CT molecular complexity index is 1020. The zero-order valence-electron chi connectivity index (χ0n) is 19.0. The van der Waals surface area contributed by atoms with Crippen LogP contribution in [0.2, 0.25) is 0 Å². The summed E-state index contributed by atoms with van der Waals surface area (Å²) in [4.78, 5) is 12.9. The van der Waals surface area contributed by atoms with Crippen molar-refractivity contribution in [2.24, 2.45) is 0 Å². The van der Waals surface area contributed by atoms with Crippen LogP contribution in [0.5, 0.6) is 23.0 Å². The van der Waals surface area contributed by atoms with Crippen LogP contribution in [0.3, 0.4) is 0 Å². The summed E-state index contributed by atoms with van der Waals surface area (Å²) >= 11 is 0. The lowest BCUT2D eigenvalue weighted by Crippen LogP contribution is -2.20. The van der Waals surface area contributed by atoms with Crippen molar-refractivity contribution in [1.82, 2.24) is 0 Å². The lowest BCUT2D eigenvalue weighted by atomic mass is 9.78. The third-order valence-electron chi connectivity index (χ3n) is 4.97. The van der Waals surface area contributed by atoms with Gasteiger partial charge in [-0.25, -0.2) is 4.79 Å². The van der Waals surface area contributed by atoms with Crippen molar-refractivity contribution in [1.29, 1.82) is 0 Å². The number of hydrogen-bond acceptors (Lipinski definition) is 4. The molecule has 0 fully saturated rings. The van der Waals surface area contributed by atoms with Gasteiger partial charge in [-0.3, -0.25) is 0 Å². The highest BCUT2D eigenvalue weighted by Crippen LogP contribution is 2.40. The Morgan fingerprint density at radius 3 is 1.65 bits per heavy atom. The Labute approximate surface area is 184 Å². The monoisotopic (exact) mass is 418 g/mol. The van der Waals surface area contributed by atoms with E-state index in [9.17, 15) is 9.90 Å². The molecule has 4 nitrogen and oxygen atoms in total. The van der Waals surface area contributed by atoms with Crippen LogP contribution in [0, 0.1) is 0 Å². The van der Waals surface area contributed by atoms with E-state index in [0.29, 0.717) is 17.1 Å². The lowest BCUT2D eigenvalue weighted by Gasteiger charge is -2.27. The van der Waals surface area contributed by atoms with Gasteiger partial charge in [0, 0.05) is 11.1 Å². The predicted octanol–water partition coefficient (Wildman–Crippen LogP) is 7.00. The molecular weight excluding hydrogens is 388 g/mol. The second-order valence-corrected chi connectivity index (χ2v) is 9.70. The number of carbonyl (C=O) groups is 1. The fraction of sp³-hybridized carbons (Fsp3) is 0.296. The number of carbonyl (C=O) groups excluding carboxylic acids is 1. The summed E-state index contributed by atoms with van der Waals surface area (Å²) in [6.45, 7) is 12.1. The van der Waals surface area contributed by atoms with E-state index < -0.39 is 5.97 Å². The Morgan fingerprint density at radius 2 is 1.16 bits per heavy atom. The highest BCUT2D eigenvalue weighted by molar-refractivity contribution is 5.92. The van der Waals surface area contributed by atoms with Crippen molar-refractivity contribution < 1.29 is 19.4 Å². The van der Waals surface area contributed by atoms with Crippen molar-refractivity contribution in [3.8, 4) is 23.0 Å². The van der Waals surface area contributed by atoms with E-state index in [1.807, 2.05) is 71.9 Å². The van der Waals surface area contributed by atoms with Crippen molar-refractivity contribution in [2.75, 3.05) is 0 Å². The van der Waals surface area contributed by atoms with Crippen molar-refractivity contribution >= 4 is 5.97 Å². The van der Waals surface area contributed by atoms with Gasteiger partial charge in [-0.2, -0.15) is 0 Å². The van der Waals surface area contributed by atoms with E-state index in [2.05, 4.69) is 0 Å². The largest absolute Gasteiger partial charge is 0.507 e. The van der Waals surface area contributed by atoms with Gasteiger partial charge in [0.1, 0.15) is 23.0 Å². The normalized spacial score (nSPS) is 11.8. The second-order valence-electron chi connectivity index (χ2n) is 9.70. The van der Waals surface area contributed by atoms with Crippen LogP contribution in [0.4, 0.5) is 0 Å². The molecule has 0 atom stereocenters. The first kappa shape index (κ1) is 22.4. The predicted molar refractivity (Wildman–Crippen MR) is 123 cm³/mol. The number of ether oxygens (including phenoxy) is 2. The summed E-state index contributed by atoms with van der Waals surface area (Å²) in [7, 11) is 0. The molecule has 0 bridgehead atoms. The molecule has 0 saturated carbocycles. The molecule has 1 N–H and O–H groups in total. The highest BCUT2D eigenvalue weighted by Gasteiger charge is 2.28. The van der Waals surface area contributed by atoms with E-state index in [4.69, 9.17) is 9.47 Å². The standard InChI is InChI=1S/C27H30O4/c1-26(2,3)22-16-18(17-23(24(22)28)27(4,5)6)25(29)31-21-14-12-20(13-15-21)30-19-10-8-7-9-11-19/h7-17,28H,1-6H3. The minimum absolute atomic E-state index is 0.235. The summed E-state index contributed by atoms with van der Waals surface area (Å²) in [6, 6.07) is 19.8. The van der Waals surface area contributed by atoms with Crippen LogP contribution in [0.1, 0.15) is 63.0 Å². The number of aromatic hydroxyl groups is 1. The number of esters is 1. The molecule has 0 radical (unpaired) electrons. The molecule has 162 valence electrons. The van der Waals surface area contributed by atoms with Crippen molar-refractivity contribution in [3.63, 3.8) is 0 Å². The lowest BCUT2D eigenvalue weighted by molar-refractivity contribution is 0.0734. The molecule has 0 aliphatic rings. The van der Waals surface area contributed by atoms with Crippen molar-refractivity contribution in [3.05, 3.63) is 83.4 Å². The highest BCUT2D eigenvalue weighted by atomic mass is 16.5. The van der Waals surface area contributed by atoms with Crippen molar-refractivity contribution in [2.45, 2.75) is 52.4 Å². The van der Waals surface area contributed by atoms with Crippen LogP contribution in [0.25, 0.3) is 0 Å². The second kappa shape index (κ2) is 8.46. The average Bonchev–Trinajstić information content (AvgIpc) is 2.68. The molecule has 0 amide bonds. The maximum atomic E-state index is 12.9. The first-order valence-electron chi connectivity index (χ1n) is 10.4. The Morgan fingerprint density at radius 1 is 0.710 bits per heavy atom. The molecule has 0 heterocycles. The fourth-order valence-electron chi connectivity index (χ4n) is 3.26. The van der Waals surface area contributed by atoms with E-state index in [-0.39, 0.29) is 16.6 Å². The summed E-state index contributed by atoms with van der Waals surface area (Å²) in [5, 5.41) is 10.8. The maximum Gasteiger partial charge on any atom is 0.343 e. The molecule has 0 unspecified atom stereocenters. The zero-order valence-corrected chi connectivity index (χ0v) is 19.0. The third kappa shape index (κ3) is 5.46. The molecule has 31 heavy (non-hydrogen) atoms. The molecule has 0 aliphatic carbocycles. The number of phenols is 1. The maximum absolute atomic E-state index is 12.9. The average molecular weight is 419 g/mol. The third-order valence-corrected chi connectivity index (χ3v) is 4.97. The first-order valence-corrected chi connectivity index (χ1v) is 10.4. The molecule has 0 aromatic heterocycles. The van der Waals surface area contributed by atoms with Gasteiger partial charge in [-0.1, -0.05) is 59.7 Å². The molecule has 4 heteroatoms. The Hall–Kier alpha value is -3.27. The van der Waals surface area contributed by atoms with Gasteiger partial charge in [-0.05, 0) is 59.4 Å². The molecule has 0 saturated heterocycles.